The van der Waals surface area contributed by atoms with Gasteiger partial charge in [-0.25, -0.2) is 0 Å². The number of carbonyl (C=O) groups excluding carboxylic acids is 1. The van der Waals surface area contributed by atoms with Crippen molar-refractivity contribution in [2.75, 3.05) is 38.2 Å². The Kier molecular flexibility index (Phi) is 5.91. The molecule has 0 N–H and O–H groups in total. The van der Waals surface area contributed by atoms with E-state index in [9.17, 15) is 4.79 Å². The molecule has 0 unspecified atom stereocenters. The molecule has 1 aliphatic rings. The SMILES string of the molecule is Cc1cc(CN(C)C(=O)CSCCN2CCCC2)on1. The van der Waals surface area contributed by atoms with Crippen LogP contribution in [0.25, 0.3) is 0 Å². The number of likely N-dealkylation sites (tertiary alicyclic amines) is 1. The van der Waals surface area contributed by atoms with E-state index in [2.05, 4.69) is 10.1 Å². The molecule has 0 bridgehead atoms. The molecule has 1 fully saturated rings. The Morgan fingerprint density at radius 2 is 2.25 bits per heavy atom. The Labute approximate surface area is 124 Å². The van der Waals surface area contributed by atoms with E-state index in [1.54, 1.807) is 23.7 Å². The van der Waals surface area contributed by atoms with Crippen LogP contribution in [0.3, 0.4) is 0 Å². The molecule has 6 heteroatoms. The summed E-state index contributed by atoms with van der Waals surface area (Å²) in [7, 11) is 1.81. The molecule has 0 atom stereocenters. The second kappa shape index (κ2) is 7.69. The van der Waals surface area contributed by atoms with Crippen molar-refractivity contribution in [1.29, 1.82) is 0 Å². The minimum Gasteiger partial charge on any atom is -0.359 e. The fourth-order valence-corrected chi connectivity index (χ4v) is 3.21. The molecule has 0 spiro atoms. The first-order chi connectivity index (χ1) is 9.65. The minimum atomic E-state index is 0.144. The highest BCUT2D eigenvalue weighted by Crippen LogP contribution is 2.11. The van der Waals surface area contributed by atoms with Gasteiger partial charge in [0.1, 0.15) is 0 Å². The lowest BCUT2D eigenvalue weighted by Gasteiger charge is -2.16. The van der Waals surface area contributed by atoms with Crippen LogP contribution in [-0.4, -0.2) is 59.1 Å². The zero-order chi connectivity index (χ0) is 14.4. The van der Waals surface area contributed by atoms with E-state index < -0.39 is 0 Å². The van der Waals surface area contributed by atoms with E-state index >= 15 is 0 Å². The number of aromatic nitrogens is 1. The van der Waals surface area contributed by atoms with Gasteiger partial charge in [0.25, 0.3) is 0 Å². The van der Waals surface area contributed by atoms with Crippen LogP contribution in [0.1, 0.15) is 24.3 Å². The van der Waals surface area contributed by atoms with Gasteiger partial charge in [-0.2, -0.15) is 11.8 Å². The number of carbonyl (C=O) groups is 1. The zero-order valence-corrected chi connectivity index (χ0v) is 13.1. The summed E-state index contributed by atoms with van der Waals surface area (Å²) in [6.07, 6.45) is 2.64. The minimum absolute atomic E-state index is 0.144. The van der Waals surface area contributed by atoms with Crippen LogP contribution in [0.4, 0.5) is 0 Å². The Hall–Kier alpha value is -1.01. The molecule has 2 rings (SSSR count). The molecule has 5 nitrogen and oxygen atoms in total. The van der Waals surface area contributed by atoms with Gasteiger partial charge in [-0.05, 0) is 32.9 Å². The van der Waals surface area contributed by atoms with E-state index in [0.717, 1.165) is 23.8 Å². The summed E-state index contributed by atoms with van der Waals surface area (Å²) in [5, 5.41) is 3.82. The van der Waals surface area contributed by atoms with Gasteiger partial charge in [0.05, 0.1) is 18.0 Å². The van der Waals surface area contributed by atoms with Crippen LogP contribution >= 0.6 is 11.8 Å². The van der Waals surface area contributed by atoms with Crippen LogP contribution in [0.2, 0.25) is 0 Å². The largest absolute Gasteiger partial charge is 0.359 e. The third-order valence-corrected chi connectivity index (χ3v) is 4.39. The third-order valence-electron chi connectivity index (χ3n) is 3.47. The van der Waals surface area contributed by atoms with Crippen molar-refractivity contribution in [3.05, 3.63) is 17.5 Å². The Morgan fingerprint density at radius 3 is 2.90 bits per heavy atom. The highest BCUT2D eigenvalue weighted by molar-refractivity contribution is 7.99. The summed E-state index contributed by atoms with van der Waals surface area (Å²) in [6.45, 7) is 5.91. The van der Waals surface area contributed by atoms with Gasteiger partial charge < -0.3 is 14.3 Å². The molecule has 2 heterocycles. The lowest BCUT2D eigenvalue weighted by atomic mass is 10.3. The smallest absolute Gasteiger partial charge is 0.232 e. The normalized spacial score (nSPS) is 15.7. The molecule has 0 aromatic carbocycles. The molecular formula is C14H23N3O2S. The first kappa shape index (κ1) is 15.4. The van der Waals surface area contributed by atoms with E-state index in [0.29, 0.717) is 12.3 Å². The maximum absolute atomic E-state index is 12.0. The Balaban J connectivity index is 1.61. The monoisotopic (exact) mass is 297 g/mol. The van der Waals surface area contributed by atoms with Gasteiger partial charge in [-0.15, -0.1) is 0 Å². The van der Waals surface area contributed by atoms with Crippen molar-refractivity contribution in [2.24, 2.45) is 0 Å². The van der Waals surface area contributed by atoms with E-state index in [1.807, 2.05) is 13.0 Å². The molecule has 1 amide bonds. The molecule has 20 heavy (non-hydrogen) atoms. The number of nitrogens with zero attached hydrogens (tertiary/aromatic N) is 3. The standard InChI is InChI=1S/C14H23N3O2S/c1-12-9-13(19-15-12)10-16(2)14(18)11-20-8-7-17-5-3-4-6-17/h9H,3-8,10-11H2,1-2H3. The lowest BCUT2D eigenvalue weighted by Crippen LogP contribution is -2.28. The molecule has 0 aliphatic carbocycles. The van der Waals surface area contributed by atoms with E-state index in [-0.39, 0.29) is 5.91 Å². The number of hydrogen-bond donors (Lipinski definition) is 0. The topological polar surface area (TPSA) is 49.6 Å². The molecule has 1 aromatic rings. The third kappa shape index (κ3) is 4.83. The van der Waals surface area contributed by atoms with Gasteiger partial charge in [-0.3, -0.25) is 4.79 Å². The predicted molar refractivity (Wildman–Crippen MR) is 80.7 cm³/mol. The summed E-state index contributed by atoms with van der Waals surface area (Å²) >= 11 is 1.71. The molecular weight excluding hydrogens is 274 g/mol. The number of hydrogen-bond acceptors (Lipinski definition) is 5. The molecule has 1 aromatic heterocycles. The van der Waals surface area contributed by atoms with Crippen LogP contribution in [0.15, 0.2) is 10.6 Å². The van der Waals surface area contributed by atoms with Crippen LogP contribution < -0.4 is 0 Å². The zero-order valence-electron chi connectivity index (χ0n) is 12.3. The van der Waals surface area contributed by atoms with Crippen molar-refractivity contribution in [1.82, 2.24) is 15.0 Å². The summed E-state index contributed by atoms with van der Waals surface area (Å²) in [5.74, 6) is 2.45. The van der Waals surface area contributed by atoms with Crippen molar-refractivity contribution in [2.45, 2.75) is 26.3 Å². The Bertz CT molecular complexity index is 430. The summed E-state index contributed by atoms with van der Waals surface area (Å²) in [5.41, 5.74) is 0.848. The molecule has 0 saturated carbocycles. The maximum atomic E-state index is 12.0. The second-order valence-corrected chi connectivity index (χ2v) is 6.39. The van der Waals surface area contributed by atoms with Crippen molar-refractivity contribution < 1.29 is 9.32 Å². The maximum Gasteiger partial charge on any atom is 0.232 e. The lowest BCUT2D eigenvalue weighted by molar-refractivity contribution is -0.127. The highest BCUT2D eigenvalue weighted by atomic mass is 32.2. The summed E-state index contributed by atoms with van der Waals surface area (Å²) in [4.78, 5) is 16.1. The fourth-order valence-electron chi connectivity index (χ4n) is 2.28. The van der Waals surface area contributed by atoms with Gasteiger partial charge >= 0.3 is 0 Å². The van der Waals surface area contributed by atoms with Gasteiger partial charge in [0.15, 0.2) is 5.76 Å². The average molecular weight is 297 g/mol. The summed E-state index contributed by atoms with van der Waals surface area (Å²) in [6, 6.07) is 1.87. The van der Waals surface area contributed by atoms with Gasteiger partial charge in [-0.1, -0.05) is 5.16 Å². The quantitative estimate of drug-likeness (QED) is 0.718. The predicted octanol–water partition coefficient (Wildman–Crippen LogP) is 1.77. The number of amides is 1. The molecule has 112 valence electrons. The van der Waals surface area contributed by atoms with Gasteiger partial charge in [0.2, 0.25) is 5.91 Å². The number of rotatable bonds is 7. The van der Waals surface area contributed by atoms with Crippen LogP contribution in [-0.2, 0) is 11.3 Å². The molecule has 1 saturated heterocycles. The molecule has 0 radical (unpaired) electrons. The van der Waals surface area contributed by atoms with E-state index in [1.165, 1.54) is 25.9 Å². The van der Waals surface area contributed by atoms with Crippen LogP contribution in [0, 0.1) is 6.92 Å². The summed E-state index contributed by atoms with van der Waals surface area (Å²) < 4.78 is 5.12. The molecule has 1 aliphatic heterocycles. The number of thioether (sulfide) groups is 1. The first-order valence-electron chi connectivity index (χ1n) is 7.11. The first-order valence-corrected chi connectivity index (χ1v) is 8.27. The van der Waals surface area contributed by atoms with Crippen molar-refractivity contribution in [3.63, 3.8) is 0 Å². The van der Waals surface area contributed by atoms with Crippen LogP contribution in [0.5, 0.6) is 0 Å². The van der Waals surface area contributed by atoms with Crippen molar-refractivity contribution in [3.8, 4) is 0 Å². The fraction of sp³-hybridized carbons (Fsp3) is 0.714. The average Bonchev–Trinajstić information content (AvgIpc) is 3.06. The van der Waals surface area contributed by atoms with Gasteiger partial charge in [0, 0.05) is 25.4 Å². The number of aryl methyl sites for hydroxylation is 1. The highest BCUT2D eigenvalue weighted by Gasteiger charge is 2.13. The van der Waals surface area contributed by atoms with E-state index in [4.69, 9.17) is 4.52 Å². The second-order valence-electron chi connectivity index (χ2n) is 5.29. The van der Waals surface area contributed by atoms with Crippen molar-refractivity contribution >= 4 is 17.7 Å². The Morgan fingerprint density at radius 1 is 1.50 bits per heavy atom.